The van der Waals surface area contributed by atoms with Gasteiger partial charge in [0.05, 0.1) is 21.4 Å². The first-order valence-electron chi connectivity index (χ1n) is 6.40. The van der Waals surface area contributed by atoms with Gasteiger partial charge in [0.2, 0.25) is 5.95 Å². The Labute approximate surface area is 136 Å². The standard InChI is InChI=1S/C13H11Cl2N7/c1-8-9(5-6-17-18-8)7-16-13-19-20-21-22(13)11-4-2-3-10(14)12(11)15/h2-6H,7H2,1H3,(H,16,19,21). The maximum absolute atomic E-state index is 6.20. The van der Waals surface area contributed by atoms with E-state index in [1.54, 1.807) is 24.4 Å². The van der Waals surface area contributed by atoms with Gasteiger partial charge in [-0.2, -0.15) is 14.9 Å². The molecule has 2 aromatic heterocycles. The summed E-state index contributed by atoms with van der Waals surface area (Å²) in [5.74, 6) is 0.459. The van der Waals surface area contributed by atoms with Gasteiger partial charge in [0.1, 0.15) is 0 Å². The van der Waals surface area contributed by atoms with Crippen molar-refractivity contribution < 1.29 is 0 Å². The van der Waals surface area contributed by atoms with Crippen molar-refractivity contribution in [2.45, 2.75) is 13.5 Å². The molecule has 0 saturated carbocycles. The Morgan fingerprint density at radius 1 is 1.18 bits per heavy atom. The summed E-state index contributed by atoms with van der Waals surface area (Å²) in [6.07, 6.45) is 1.64. The summed E-state index contributed by atoms with van der Waals surface area (Å²) in [5.41, 5.74) is 2.45. The van der Waals surface area contributed by atoms with E-state index in [2.05, 4.69) is 31.0 Å². The number of hydrogen-bond donors (Lipinski definition) is 1. The zero-order valence-corrected chi connectivity index (χ0v) is 13.0. The highest BCUT2D eigenvalue weighted by atomic mass is 35.5. The van der Waals surface area contributed by atoms with Crippen molar-refractivity contribution in [3.63, 3.8) is 0 Å². The molecule has 2 heterocycles. The van der Waals surface area contributed by atoms with Crippen LogP contribution in [-0.2, 0) is 6.54 Å². The summed E-state index contributed by atoms with van der Waals surface area (Å²) < 4.78 is 1.50. The third-order valence-corrected chi connectivity index (χ3v) is 3.89. The molecule has 112 valence electrons. The van der Waals surface area contributed by atoms with E-state index in [1.165, 1.54) is 4.68 Å². The first-order chi connectivity index (χ1) is 10.7. The zero-order chi connectivity index (χ0) is 15.5. The van der Waals surface area contributed by atoms with Crippen LogP contribution < -0.4 is 5.32 Å². The molecule has 0 spiro atoms. The Kier molecular flexibility index (Phi) is 4.17. The van der Waals surface area contributed by atoms with Crippen molar-refractivity contribution in [1.29, 1.82) is 0 Å². The fourth-order valence-corrected chi connectivity index (χ4v) is 2.28. The Morgan fingerprint density at radius 3 is 2.86 bits per heavy atom. The van der Waals surface area contributed by atoms with E-state index < -0.39 is 0 Å². The van der Waals surface area contributed by atoms with Crippen LogP contribution in [0.2, 0.25) is 10.0 Å². The summed E-state index contributed by atoms with van der Waals surface area (Å²) in [4.78, 5) is 0. The lowest BCUT2D eigenvalue weighted by atomic mass is 10.2. The molecule has 0 bridgehead atoms. The number of rotatable bonds is 4. The van der Waals surface area contributed by atoms with Gasteiger partial charge in [-0.05, 0) is 41.1 Å². The topological polar surface area (TPSA) is 81.4 Å². The van der Waals surface area contributed by atoms with Gasteiger partial charge < -0.3 is 5.32 Å². The molecule has 7 nitrogen and oxygen atoms in total. The summed E-state index contributed by atoms with van der Waals surface area (Å²) in [5, 5.41) is 23.4. The van der Waals surface area contributed by atoms with Crippen LogP contribution in [0.5, 0.6) is 0 Å². The second-order valence-electron chi connectivity index (χ2n) is 4.48. The minimum Gasteiger partial charge on any atom is -0.349 e. The summed E-state index contributed by atoms with van der Waals surface area (Å²) >= 11 is 12.2. The summed E-state index contributed by atoms with van der Waals surface area (Å²) in [7, 11) is 0. The van der Waals surface area contributed by atoms with Crippen LogP contribution in [0.4, 0.5) is 5.95 Å². The van der Waals surface area contributed by atoms with Gasteiger partial charge in [0.15, 0.2) is 0 Å². The second-order valence-corrected chi connectivity index (χ2v) is 5.27. The molecule has 0 radical (unpaired) electrons. The van der Waals surface area contributed by atoms with Crippen molar-refractivity contribution in [2.24, 2.45) is 0 Å². The van der Waals surface area contributed by atoms with Crippen molar-refractivity contribution in [3.05, 3.63) is 51.8 Å². The maximum Gasteiger partial charge on any atom is 0.248 e. The third-order valence-electron chi connectivity index (χ3n) is 3.08. The number of anilines is 1. The number of hydrogen-bond acceptors (Lipinski definition) is 6. The first kappa shape index (κ1) is 14.7. The Balaban J connectivity index is 1.87. The van der Waals surface area contributed by atoms with Gasteiger partial charge in [0.25, 0.3) is 0 Å². The van der Waals surface area contributed by atoms with Gasteiger partial charge in [-0.15, -0.1) is 0 Å². The molecule has 0 fully saturated rings. The fraction of sp³-hybridized carbons (Fsp3) is 0.154. The number of halogens is 2. The fourth-order valence-electron chi connectivity index (χ4n) is 1.90. The zero-order valence-electron chi connectivity index (χ0n) is 11.5. The lowest BCUT2D eigenvalue weighted by Crippen LogP contribution is -2.09. The van der Waals surface area contributed by atoms with Gasteiger partial charge in [-0.1, -0.05) is 34.4 Å². The number of nitrogens with one attached hydrogen (secondary N) is 1. The number of aryl methyl sites for hydroxylation is 1. The number of tetrazole rings is 1. The normalized spacial score (nSPS) is 10.7. The maximum atomic E-state index is 6.20. The van der Waals surface area contributed by atoms with E-state index in [4.69, 9.17) is 23.2 Å². The number of aromatic nitrogens is 6. The minimum absolute atomic E-state index is 0.390. The quantitative estimate of drug-likeness (QED) is 0.789. The van der Waals surface area contributed by atoms with E-state index >= 15 is 0 Å². The predicted octanol–water partition coefficient (Wildman–Crippen LogP) is 2.68. The van der Waals surface area contributed by atoms with Gasteiger partial charge in [-0.25, -0.2) is 0 Å². The molecule has 0 atom stereocenters. The van der Waals surface area contributed by atoms with Crippen LogP contribution >= 0.6 is 23.2 Å². The van der Waals surface area contributed by atoms with Crippen LogP contribution in [0.25, 0.3) is 5.69 Å². The molecular weight excluding hydrogens is 325 g/mol. The van der Waals surface area contributed by atoms with Crippen LogP contribution in [0, 0.1) is 6.92 Å². The summed E-state index contributed by atoms with van der Waals surface area (Å²) in [6.45, 7) is 2.40. The average molecular weight is 336 g/mol. The Hall–Kier alpha value is -2.25. The number of benzene rings is 1. The molecule has 0 aliphatic heterocycles. The van der Waals surface area contributed by atoms with Gasteiger partial charge >= 0.3 is 0 Å². The van der Waals surface area contributed by atoms with Crippen LogP contribution in [0.1, 0.15) is 11.3 Å². The van der Waals surface area contributed by atoms with Crippen molar-refractivity contribution in [1.82, 2.24) is 30.4 Å². The molecule has 0 aliphatic rings. The number of nitrogens with zero attached hydrogens (tertiary/aromatic N) is 6. The average Bonchev–Trinajstić information content (AvgIpc) is 2.97. The molecule has 1 N–H and O–H groups in total. The largest absolute Gasteiger partial charge is 0.349 e. The van der Waals surface area contributed by atoms with E-state index in [1.807, 2.05) is 13.0 Å². The molecule has 1 aromatic carbocycles. The van der Waals surface area contributed by atoms with Gasteiger partial charge in [-0.3, -0.25) is 0 Å². The van der Waals surface area contributed by atoms with E-state index in [9.17, 15) is 0 Å². The second kappa shape index (κ2) is 6.25. The highest BCUT2D eigenvalue weighted by Gasteiger charge is 2.13. The SMILES string of the molecule is Cc1nnccc1CNc1nnnn1-c1cccc(Cl)c1Cl. The molecule has 22 heavy (non-hydrogen) atoms. The van der Waals surface area contributed by atoms with Crippen LogP contribution in [0.15, 0.2) is 30.5 Å². The molecule has 3 aromatic rings. The molecule has 0 unspecified atom stereocenters. The minimum atomic E-state index is 0.390. The van der Waals surface area contributed by atoms with E-state index in [0.717, 1.165) is 11.3 Å². The molecule has 0 aliphatic carbocycles. The van der Waals surface area contributed by atoms with Gasteiger partial charge in [0, 0.05) is 12.7 Å². The monoisotopic (exact) mass is 335 g/mol. The van der Waals surface area contributed by atoms with Crippen LogP contribution in [-0.4, -0.2) is 30.4 Å². The molecule has 0 amide bonds. The third kappa shape index (κ3) is 2.86. The highest BCUT2D eigenvalue weighted by molar-refractivity contribution is 6.43. The van der Waals surface area contributed by atoms with E-state index in [0.29, 0.717) is 28.2 Å². The Morgan fingerprint density at radius 2 is 2.05 bits per heavy atom. The van der Waals surface area contributed by atoms with Crippen molar-refractivity contribution in [2.75, 3.05) is 5.32 Å². The van der Waals surface area contributed by atoms with E-state index in [-0.39, 0.29) is 0 Å². The smallest absolute Gasteiger partial charge is 0.248 e. The lowest BCUT2D eigenvalue weighted by molar-refractivity contribution is 0.789. The summed E-state index contributed by atoms with van der Waals surface area (Å²) in [6, 6.07) is 7.16. The van der Waals surface area contributed by atoms with Crippen molar-refractivity contribution >= 4 is 29.2 Å². The highest BCUT2D eigenvalue weighted by Crippen LogP contribution is 2.29. The predicted molar refractivity (Wildman–Crippen MR) is 83.3 cm³/mol. The molecule has 9 heteroatoms. The van der Waals surface area contributed by atoms with Crippen LogP contribution in [0.3, 0.4) is 0 Å². The first-order valence-corrected chi connectivity index (χ1v) is 7.16. The molecule has 0 saturated heterocycles. The molecular formula is C13H11Cl2N7. The lowest BCUT2D eigenvalue weighted by Gasteiger charge is -2.09. The van der Waals surface area contributed by atoms with Crippen molar-refractivity contribution in [3.8, 4) is 5.69 Å². The Bertz CT molecular complexity index is 803. The molecule has 3 rings (SSSR count).